The monoisotopic (exact) mass is 275 g/mol. The molecule has 0 saturated carbocycles. The average molecular weight is 275 g/mol. The summed E-state index contributed by atoms with van der Waals surface area (Å²) in [5, 5.41) is 6.59. The van der Waals surface area contributed by atoms with Crippen molar-refractivity contribution in [2.75, 3.05) is 0 Å². The van der Waals surface area contributed by atoms with Crippen LogP contribution in [0.1, 0.15) is 11.3 Å². The molecule has 2 rings (SSSR count). The number of carbonyl (C=O) groups excluding carboxylic acids is 1. The SMILES string of the molecule is Cn1nccc1CNC(=O)C(S)Cc1ccccc1. The van der Waals surface area contributed by atoms with Gasteiger partial charge in [0.25, 0.3) is 0 Å². The summed E-state index contributed by atoms with van der Waals surface area (Å²) in [4.78, 5) is 11.9. The maximum atomic E-state index is 11.9. The molecule has 19 heavy (non-hydrogen) atoms. The summed E-state index contributed by atoms with van der Waals surface area (Å²) in [6.07, 6.45) is 2.34. The van der Waals surface area contributed by atoms with E-state index in [9.17, 15) is 4.79 Å². The number of hydrogen-bond donors (Lipinski definition) is 2. The maximum absolute atomic E-state index is 11.9. The van der Waals surface area contributed by atoms with Crippen molar-refractivity contribution in [2.24, 2.45) is 7.05 Å². The molecule has 0 aliphatic heterocycles. The van der Waals surface area contributed by atoms with E-state index in [1.807, 2.05) is 43.4 Å². The molecule has 5 heteroatoms. The molecule has 0 bridgehead atoms. The fourth-order valence-corrected chi connectivity index (χ4v) is 2.10. The molecule has 2 aromatic rings. The summed E-state index contributed by atoms with van der Waals surface area (Å²) in [5.74, 6) is -0.0617. The molecule has 1 unspecified atom stereocenters. The molecule has 0 saturated heterocycles. The lowest BCUT2D eigenvalue weighted by molar-refractivity contribution is -0.120. The average Bonchev–Trinajstić information content (AvgIpc) is 2.82. The summed E-state index contributed by atoms with van der Waals surface area (Å²) in [5.41, 5.74) is 2.08. The van der Waals surface area contributed by atoms with E-state index in [4.69, 9.17) is 0 Å². The lowest BCUT2D eigenvalue weighted by Gasteiger charge is -2.11. The van der Waals surface area contributed by atoms with E-state index in [1.54, 1.807) is 10.9 Å². The minimum atomic E-state index is -0.337. The number of nitrogens with one attached hydrogen (secondary N) is 1. The van der Waals surface area contributed by atoms with Gasteiger partial charge in [0.05, 0.1) is 17.5 Å². The molecule has 0 spiro atoms. The Bertz CT molecular complexity index is 539. The Balaban J connectivity index is 1.84. The van der Waals surface area contributed by atoms with Crippen molar-refractivity contribution in [2.45, 2.75) is 18.2 Å². The number of amides is 1. The zero-order valence-electron chi connectivity index (χ0n) is 10.8. The Morgan fingerprint density at radius 3 is 2.74 bits per heavy atom. The minimum absolute atomic E-state index is 0.0617. The molecule has 0 aliphatic rings. The third-order valence-electron chi connectivity index (χ3n) is 2.94. The number of aryl methyl sites for hydroxylation is 1. The van der Waals surface area contributed by atoms with Gasteiger partial charge in [0, 0.05) is 13.2 Å². The van der Waals surface area contributed by atoms with Crippen LogP contribution in [0, 0.1) is 0 Å². The van der Waals surface area contributed by atoms with Crippen LogP contribution in [0.15, 0.2) is 42.6 Å². The van der Waals surface area contributed by atoms with E-state index in [0.29, 0.717) is 13.0 Å². The van der Waals surface area contributed by atoms with Crippen LogP contribution in [0.5, 0.6) is 0 Å². The van der Waals surface area contributed by atoms with E-state index in [1.165, 1.54) is 0 Å². The zero-order valence-corrected chi connectivity index (χ0v) is 11.7. The Morgan fingerprint density at radius 2 is 2.11 bits per heavy atom. The highest BCUT2D eigenvalue weighted by Crippen LogP contribution is 2.08. The molecule has 1 amide bonds. The Labute approximate surface area is 118 Å². The first-order valence-corrected chi connectivity index (χ1v) is 6.65. The van der Waals surface area contributed by atoms with Crippen LogP contribution in [0.25, 0.3) is 0 Å². The van der Waals surface area contributed by atoms with Gasteiger partial charge in [-0.2, -0.15) is 17.7 Å². The quantitative estimate of drug-likeness (QED) is 0.814. The van der Waals surface area contributed by atoms with Crippen molar-refractivity contribution in [3.63, 3.8) is 0 Å². The summed E-state index contributed by atoms with van der Waals surface area (Å²) < 4.78 is 1.74. The van der Waals surface area contributed by atoms with Gasteiger partial charge in [0.1, 0.15) is 0 Å². The van der Waals surface area contributed by atoms with Crippen LogP contribution in [-0.4, -0.2) is 20.9 Å². The van der Waals surface area contributed by atoms with Gasteiger partial charge in [0.15, 0.2) is 0 Å². The third-order valence-corrected chi connectivity index (χ3v) is 3.36. The van der Waals surface area contributed by atoms with Gasteiger partial charge in [-0.05, 0) is 18.1 Å². The molecule has 1 atom stereocenters. The second-order valence-electron chi connectivity index (χ2n) is 4.37. The molecule has 0 aliphatic carbocycles. The van der Waals surface area contributed by atoms with Crippen LogP contribution >= 0.6 is 12.6 Å². The molecule has 1 heterocycles. The lowest BCUT2D eigenvalue weighted by atomic mass is 10.1. The van der Waals surface area contributed by atoms with Crippen LogP contribution in [0.3, 0.4) is 0 Å². The van der Waals surface area contributed by atoms with Crippen LogP contribution < -0.4 is 5.32 Å². The summed E-state index contributed by atoms with van der Waals surface area (Å²) in [6, 6.07) is 11.8. The van der Waals surface area contributed by atoms with Crippen molar-refractivity contribution in [1.29, 1.82) is 0 Å². The highest BCUT2D eigenvalue weighted by atomic mass is 32.1. The summed E-state index contributed by atoms with van der Waals surface area (Å²) in [6.45, 7) is 0.473. The number of nitrogens with zero attached hydrogens (tertiary/aromatic N) is 2. The van der Waals surface area contributed by atoms with Gasteiger partial charge in [-0.3, -0.25) is 9.48 Å². The van der Waals surface area contributed by atoms with Crippen LogP contribution in [-0.2, 0) is 24.8 Å². The molecule has 4 nitrogen and oxygen atoms in total. The minimum Gasteiger partial charge on any atom is -0.349 e. The number of thiol groups is 1. The van der Waals surface area contributed by atoms with Crippen molar-refractivity contribution in [3.05, 3.63) is 53.9 Å². The largest absolute Gasteiger partial charge is 0.349 e. The first-order valence-electron chi connectivity index (χ1n) is 6.13. The number of rotatable bonds is 5. The third kappa shape index (κ3) is 3.86. The van der Waals surface area contributed by atoms with Crippen molar-refractivity contribution in [1.82, 2.24) is 15.1 Å². The fraction of sp³-hybridized carbons (Fsp3) is 0.286. The normalized spacial score (nSPS) is 12.1. The van der Waals surface area contributed by atoms with Gasteiger partial charge in [-0.25, -0.2) is 0 Å². The Hall–Kier alpha value is -1.75. The first-order chi connectivity index (χ1) is 9.16. The fourth-order valence-electron chi connectivity index (χ4n) is 1.80. The highest BCUT2D eigenvalue weighted by Gasteiger charge is 2.14. The van der Waals surface area contributed by atoms with Crippen LogP contribution in [0.4, 0.5) is 0 Å². The van der Waals surface area contributed by atoms with Crippen molar-refractivity contribution in [3.8, 4) is 0 Å². The second-order valence-corrected chi connectivity index (χ2v) is 4.99. The topological polar surface area (TPSA) is 46.9 Å². The molecular formula is C14H17N3OS. The molecule has 100 valence electrons. The summed E-state index contributed by atoms with van der Waals surface area (Å²) >= 11 is 4.36. The van der Waals surface area contributed by atoms with Crippen molar-refractivity contribution < 1.29 is 4.79 Å². The zero-order chi connectivity index (χ0) is 13.7. The van der Waals surface area contributed by atoms with Gasteiger partial charge in [0.2, 0.25) is 5.91 Å². The van der Waals surface area contributed by atoms with E-state index in [0.717, 1.165) is 11.3 Å². The van der Waals surface area contributed by atoms with Gasteiger partial charge in [-0.15, -0.1) is 0 Å². The molecule has 0 radical (unpaired) electrons. The predicted molar refractivity (Wildman–Crippen MR) is 78.0 cm³/mol. The van der Waals surface area contributed by atoms with E-state index in [2.05, 4.69) is 23.0 Å². The first kappa shape index (κ1) is 13.7. The molecule has 0 fully saturated rings. The number of benzene rings is 1. The highest BCUT2D eigenvalue weighted by molar-refractivity contribution is 7.81. The number of carbonyl (C=O) groups is 1. The lowest BCUT2D eigenvalue weighted by Crippen LogP contribution is -2.32. The smallest absolute Gasteiger partial charge is 0.233 e. The predicted octanol–water partition coefficient (Wildman–Crippen LogP) is 1.58. The maximum Gasteiger partial charge on any atom is 0.233 e. The van der Waals surface area contributed by atoms with Gasteiger partial charge >= 0.3 is 0 Å². The number of hydrogen-bond acceptors (Lipinski definition) is 3. The van der Waals surface area contributed by atoms with Gasteiger partial charge in [-0.1, -0.05) is 30.3 Å². The molecule has 1 aromatic heterocycles. The van der Waals surface area contributed by atoms with Crippen LogP contribution in [0.2, 0.25) is 0 Å². The Kier molecular flexibility index (Phi) is 4.63. The van der Waals surface area contributed by atoms with Gasteiger partial charge < -0.3 is 5.32 Å². The Morgan fingerprint density at radius 1 is 1.37 bits per heavy atom. The van der Waals surface area contributed by atoms with E-state index in [-0.39, 0.29) is 11.2 Å². The molecular weight excluding hydrogens is 258 g/mol. The summed E-state index contributed by atoms with van der Waals surface area (Å²) in [7, 11) is 1.85. The molecule has 1 aromatic carbocycles. The van der Waals surface area contributed by atoms with E-state index >= 15 is 0 Å². The van der Waals surface area contributed by atoms with E-state index < -0.39 is 0 Å². The number of aromatic nitrogens is 2. The molecule has 1 N–H and O–H groups in total. The second kappa shape index (κ2) is 6.43. The van der Waals surface area contributed by atoms with Crippen molar-refractivity contribution >= 4 is 18.5 Å². The standard InChI is InChI=1S/C14H17N3OS/c1-17-12(7-8-16-17)10-15-14(18)13(19)9-11-5-3-2-4-6-11/h2-8,13,19H,9-10H2,1H3,(H,15,18).